The summed E-state index contributed by atoms with van der Waals surface area (Å²) in [5.74, 6) is -6.60. The number of Topliss-reactive ketones (excluding diaryl/α,β-unsaturated/α-hetero) is 1. The average Bonchev–Trinajstić information content (AvgIpc) is 3.18. The minimum Gasteiger partial charge on any atom is -0.456 e. The molecule has 11 atom stereocenters. The van der Waals surface area contributed by atoms with E-state index in [9.17, 15) is 39.3 Å². The summed E-state index contributed by atoms with van der Waals surface area (Å²) in [5.41, 5.74) is -7.13. The van der Waals surface area contributed by atoms with Crippen LogP contribution >= 0.6 is 0 Å². The van der Waals surface area contributed by atoms with E-state index in [0.29, 0.717) is 12.0 Å². The molecule has 4 aliphatic rings. The lowest BCUT2D eigenvalue weighted by Crippen LogP contribution is -2.82. The number of aliphatic hydroxyl groups is 3. The molecule has 2 aromatic rings. The van der Waals surface area contributed by atoms with Crippen molar-refractivity contribution in [2.75, 3.05) is 6.61 Å². The van der Waals surface area contributed by atoms with Crippen molar-refractivity contribution in [1.82, 2.24) is 5.32 Å². The number of benzene rings is 2. The SMILES string of the molecule is CCCC(=O)N[C@@H](c1ccccc1)[C@@H](O)C(=O)O[C@@H]1C[C@]2(O)[C@@H](OC(=O)c3ccccc3)[C@@H]3[C@]4(OC(C)=O)CO[C@H]4C[C@H](O)[C@@]3(C)C(=O)[C@H](OC(C)=O)C(=C1C)C2(C)C. The number of hydrogen-bond acceptors (Lipinski definition) is 14. The van der Waals surface area contributed by atoms with Crippen molar-refractivity contribution in [2.24, 2.45) is 16.7 Å². The highest BCUT2D eigenvalue weighted by atomic mass is 16.6. The van der Waals surface area contributed by atoms with E-state index in [1.807, 2.05) is 0 Å². The summed E-state index contributed by atoms with van der Waals surface area (Å²) in [5, 5.41) is 39.9. The number of ether oxygens (including phenoxy) is 5. The number of aliphatic hydroxyl groups excluding tert-OH is 2. The van der Waals surface area contributed by atoms with Crippen LogP contribution in [-0.4, -0.2) is 105 Å². The first-order valence-electron chi connectivity index (χ1n) is 19.9. The lowest BCUT2D eigenvalue weighted by atomic mass is 9.44. The van der Waals surface area contributed by atoms with Crippen LogP contribution in [0.5, 0.6) is 0 Å². The van der Waals surface area contributed by atoms with Gasteiger partial charge in [-0.1, -0.05) is 69.3 Å². The van der Waals surface area contributed by atoms with Crippen LogP contribution in [0.1, 0.15) is 96.1 Å². The monoisotopic (exact) mass is 819 g/mol. The average molecular weight is 820 g/mol. The van der Waals surface area contributed by atoms with Gasteiger partial charge in [0.15, 0.2) is 23.6 Å². The molecular weight excluding hydrogens is 766 g/mol. The fraction of sp³-hybridized carbons (Fsp3) is 0.545. The Kier molecular flexibility index (Phi) is 12.0. The van der Waals surface area contributed by atoms with Gasteiger partial charge in [-0.25, -0.2) is 9.59 Å². The second-order valence-electron chi connectivity index (χ2n) is 16.8. The second kappa shape index (κ2) is 16.2. The first-order valence-corrected chi connectivity index (χ1v) is 19.9. The van der Waals surface area contributed by atoms with Crippen LogP contribution in [0.4, 0.5) is 0 Å². The molecule has 1 amide bonds. The number of amides is 1. The summed E-state index contributed by atoms with van der Waals surface area (Å²) in [6.07, 6.45) is -9.72. The topological polar surface area (TPSA) is 221 Å². The quantitative estimate of drug-likeness (QED) is 0.145. The molecule has 0 aromatic heterocycles. The maximum absolute atomic E-state index is 15.4. The molecule has 6 rings (SSSR count). The second-order valence-corrected chi connectivity index (χ2v) is 16.8. The van der Waals surface area contributed by atoms with Crippen LogP contribution in [0.15, 0.2) is 71.8 Å². The Morgan fingerprint density at radius 1 is 0.932 bits per heavy atom. The third-order valence-electron chi connectivity index (χ3n) is 13.0. The number of ketones is 1. The largest absolute Gasteiger partial charge is 0.456 e. The summed E-state index contributed by atoms with van der Waals surface area (Å²) < 4.78 is 30.2. The van der Waals surface area contributed by atoms with E-state index >= 15 is 4.79 Å². The lowest BCUT2D eigenvalue weighted by Gasteiger charge is -2.67. The van der Waals surface area contributed by atoms with Gasteiger partial charge in [-0.05, 0) is 49.1 Å². The number of carbonyl (C=O) groups is 6. The van der Waals surface area contributed by atoms with Gasteiger partial charge < -0.3 is 44.3 Å². The Balaban J connectivity index is 1.55. The van der Waals surface area contributed by atoms with Gasteiger partial charge >= 0.3 is 23.9 Å². The number of hydrogen-bond donors (Lipinski definition) is 4. The van der Waals surface area contributed by atoms with E-state index in [1.165, 1.54) is 26.0 Å². The van der Waals surface area contributed by atoms with Crippen LogP contribution in [-0.2, 0) is 47.7 Å². The highest BCUT2D eigenvalue weighted by Gasteiger charge is 2.78. The van der Waals surface area contributed by atoms with Gasteiger partial charge in [-0.3, -0.25) is 19.2 Å². The summed E-state index contributed by atoms with van der Waals surface area (Å²) in [4.78, 5) is 82.5. The van der Waals surface area contributed by atoms with Crippen molar-refractivity contribution in [3.8, 4) is 0 Å². The molecule has 1 heterocycles. The van der Waals surface area contributed by atoms with E-state index in [1.54, 1.807) is 69.3 Å². The number of carbonyl (C=O) groups excluding carboxylic acids is 6. The smallest absolute Gasteiger partial charge is 0.338 e. The van der Waals surface area contributed by atoms with Gasteiger partial charge in [0.2, 0.25) is 5.91 Å². The summed E-state index contributed by atoms with van der Waals surface area (Å²) in [7, 11) is 0. The van der Waals surface area contributed by atoms with E-state index < -0.39 is 113 Å². The van der Waals surface area contributed by atoms with Gasteiger partial charge in [-0.15, -0.1) is 0 Å². The molecule has 1 saturated heterocycles. The molecule has 59 heavy (non-hydrogen) atoms. The first kappa shape index (κ1) is 43.6. The van der Waals surface area contributed by atoms with Crippen molar-refractivity contribution >= 4 is 35.6 Å². The normalized spacial score (nSPS) is 32.9. The Morgan fingerprint density at radius 3 is 2.12 bits per heavy atom. The lowest BCUT2D eigenvalue weighted by molar-refractivity contribution is -0.346. The summed E-state index contributed by atoms with van der Waals surface area (Å²) in [6.45, 7) is 9.81. The molecule has 0 unspecified atom stereocenters. The maximum Gasteiger partial charge on any atom is 0.338 e. The Labute approximate surface area is 342 Å². The predicted molar refractivity (Wildman–Crippen MR) is 207 cm³/mol. The minimum atomic E-state index is -2.37. The van der Waals surface area contributed by atoms with Crippen LogP contribution in [0.2, 0.25) is 0 Å². The molecule has 15 nitrogen and oxygen atoms in total. The Bertz CT molecular complexity index is 2020. The molecular formula is C44H53NO14. The highest BCUT2D eigenvalue weighted by molar-refractivity contribution is 5.95. The fourth-order valence-corrected chi connectivity index (χ4v) is 9.84. The van der Waals surface area contributed by atoms with Gasteiger partial charge in [0.1, 0.15) is 23.9 Å². The van der Waals surface area contributed by atoms with Crippen LogP contribution in [0, 0.1) is 16.7 Å². The van der Waals surface area contributed by atoms with Crippen LogP contribution < -0.4 is 5.32 Å². The van der Waals surface area contributed by atoms with Crippen molar-refractivity contribution in [3.05, 3.63) is 82.9 Å². The maximum atomic E-state index is 15.4. The van der Waals surface area contributed by atoms with Crippen molar-refractivity contribution < 1.29 is 67.8 Å². The van der Waals surface area contributed by atoms with E-state index in [2.05, 4.69) is 5.32 Å². The van der Waals surface area contributed by atoms with Crippen molar-refractivity contribution in [1.29, 1.82) is 0 Å². The molecule has 318 valence electrons. The molecule has 1 aliphatic heterocycles. The molecule has 3 fully saturated rings. The Hall–Kier alpha value is -4.96. The zero-order chi connectivity index (χ0) is 43.2. The molecule has 2 aromatic carbocycles. The molecule has 2 saturated carbocycles. The van der Waals surface area contributed by atoms with Crippen LogP contribution in [0.25, 0.3) is 0 Å². The van der Waals surface area contributed by atoms with Gasteiger partial charge in [0.25, 0.3) is 0 Å². The molecule has 0 spiro atoms. The predicted octanol–water partition coefficient (Wildman–Crippen LogP) is 3.22. The number of nitrogens with one attached hydrogen (secondary N) is 1. The number of fused-ring (bicyclic) bond motifs is 5. The molecule has 2 bridgehead atoms. The minimum absolute atomic E-state index is 0.00996. The summed E-state index contributed by atoms with van der Waals surface area (Å²) in [6, 6.07) is 14.9. The van der Waals surface area contributed by atoms with Gasteiger partial charge in [-0.2, -0.15) is 0 Å². The van der Waals surface area contributed by atoms with E-state index in [0.717, 1.165) is 13.8 Å². The van der Waals surface area contributed by atoms with Gasteiger partial charge in [0.05, 0.1) is 35.6 Å². The number of rotatable bonds is 11. The van der Waals surface area contributed by atoms with E-state index in [4.69, 9.17) is 23.7 Å². The Morgan fingerprint density at radius 2 is 1.56 bits per heavy atom. The zero-order valence-corrected chi connectivity index (χ0v) is 34.3. The third-order valence-corrected chi connectivity index (χ3v) is 13.0. The molecule has 15 heteroatoms. The zero-order valence-electron chi connectivity index (χ0n) is 34.3. The van der Waals surface area contributed by atoms with Gasteiger partial charge in [0, 0.05) is 38.5 Å². The van der Waals surface area contributed by atoms with Crippen molar-refractivity contribution in [3.63, 3.8) is 0 Å². The molecule has 4 N–H and O–H groups in total. The van der Waals surface area contributed by atoms with Crippen molar-refractivity contribution in [2.45, 2.75) is 128 Å². The highest BCUT2D eigenvalue weighted by Crippen LogP contribution is 2.64. The van der Waals surface area contributed by atoms with Crippen LogP contribution in [0.3, 0.4) is 0 Å². The first-order chi connectivity index (χ1) is 27.7. The summed E-state index contributed by atoms with van der Waals surface area (Å²) >= 11 is 0. The molecule has 3 aliphatic carbocycles. The standard InChI is InChI=1S/C44H53NO14/c1-8-15-31(49)45-33(26-16-11-9-12-17-26)34(50)40(53)57-28-21-44(54)38(58-39(52)27-18-13-10-14-19-27)36-42(7,29(48)20-30-43(36,22-55-30)59-25(4)47)37(51)35(56-24(3)46)32(23(28)2)41(44,5)6/h9-14,16-19,28-30,33-36,38,48,50,54H,8,15,20-22H2,1-7H3,(H,45,49)/t28-,29+,30+,33+,34-,35-,36+,38+,42-,43+,44+/m1/s1. The molecule has 0 radical (unpaired) electrons. The number of esters is 4. The fourth-order valence-electron chi connectivity index (χ4n) is 9.84. The third kappa shape index (κ3) is 7.36. The van der Waals surface area contributed by atoms with E-state index in [-0.39, 0.29) is 36.2 Å².